The topological polar surface area (TPSA) is 12.0 Å². The summed E-state index contributed by atoms with van der Waals surface area (Å²) in [5.41, 5.74) is 3.43. The summed E-state index contributed by atoms with van der Waals surface area (Å²) < 4.78 is 11.9. The van der Waals surface area contributed by atoms with Crippen molar-refractivity contribution in [1.29, 1.82) is 0 Å². The Kier molecular flexibility index (Phi) is 4.30. The minimum absolute atomic E-state index is 0.527. The van der Waals surface area contributed by atoms with Gasteiger partial charge in [-0.1, -0.05) is 31.9 Å². The highest BCUT2D eigenvalue weighted by Crippen LogP contribution is 2.11. The van der Waals surface area contributed by atoms with Gasteiger partial charge < -0.3 is 0 Å². The molecule has 0 bridgehead atoms. The van der Waals surface area contributed by atoms with Gasteiger partial charge in [0.25, 0.3) is 0 Å². The molecular formula is C11H16FN. The SMILES string of the molecule is CCCCCc1ccc(NF)cc1. The Balaban J connectivity index is 2.40. The van der Waals surface area contributed by atoms with Gasteiger partial charge in [0.2, 0.25) is 0 Å². The predicted octanol–water partition coefficient (Wildman–Crippen LogP) is 3.72. The van der Waals surface area contributed by atoms with E-state index in [0.29, 0.717) is 5.69 Å². The van der Waals surface area contributed by atoms with E-state index in [0.717, 1.165) is 6.42 Å². The lowest BCUT2D eigenvalue weighted by Gasteiger charge is -2.01. The average Bonchev–Trinajstić information content (AvgIpc) is 2.19. The molecule has 0 saturated heterocycles. The first kappa shape index (κ1) is 10.0. The fraction of sp³-hybridized carbons (Fsp3) is 0.455. The average molecular weight is 181 g/mol. The van der Waals surface area contributed by atoms with E-state index in [9.17, 15) is 4.48 Å². The Morgan fingerprint density at radius 2 is 1.85 bits per heavy atom. The second-order valence-electron chi connectivity index (χ2n) is 3.25. The largest absolute Gasteiger partial charge is 0.225 e. The zero-order valence-corrected chi connectivity index (χ0v) is 8.02. The molecule has 0 aliphatic heterocycles. The molecule has 0 aromatic heterocycles. The van der Waals surface area contributed by atoms with Crippen LogP contribution >= 0.6 is 0 Å². The third kappa shape index (κ3) is 3.45. The van der Waals surface area contributed by atoms with Crippen LogP contribution in [-0.4, -0.2) is 0 Å². The molecule has 1 aromatic carbocycles. The summed E-state index contributed by atoms with van der Waals surface area (Å²) >= 11 is 0. The number of benzene rings is 1. The number of halogens is 1. The van der Waals surface area contributed by atoms with Crippen molar-refractivity contribution in [2.24, 2.45) is 0 Å². The van der Waals surface area contributed by atoms with Crippen molar-refractivity contribution in [1.82, 2.24) is 0 Å². The van der Waals surface area contributed by atoms with E-state index in [4.69, 9.17) is 0 Å². The second kappa shape index (κ2) is 5.57. The van der Waals surface area contributed by atoms with Crippen molar-refractivity contribution >= 4 is 5.69 Å². The van der Waals surface area contributed by atoms with E-state index in [1.54, 1.807) is 17.7 Å². The minimum atomic E-state index is 0.527. The van der Waals surface area contributed by atoms with Crippen LogP contribution < -0.4 is 5.54 Å². The summed E-state index contributed by atoms with van der Waals surface area (Å²) in [5.74, 6) is 0. The Bertz CT molecular complexity index is 230. The van der Waals surface area contributed by atoms with Crippen LogP contribution in [0.1, 0.15) is 31.7 Å². The predicted molar refractivity (Wildman–Crippen MR) is 54.4 cm³/mol. The summed E-state index contributed by atoms with van der Waals surface area (Å²) in [6, 6.07) is 7.47. The fourth-order valence-electron chi connectivity index (χ4n) is 1.31. The van der Waals surface area contributed by atoms with Crippen LogP contribution in [-0.2, 0) is 6.42 Å². The van der Waals surface area contributed by atoms with E-state index in [-0.39, 0.29) is 0 Å². The maximum Gasteiger partial charge on any atom is 0.0655 e. The van der Waals surface area contributed by atoms with Gasteiger partial charge in [0.1, 0.15) is 0 Å². The number of unbranched alkanes of at least 4 members (excludes halogenated alkanes) is 2. The van der Waals surface area contributed by atoms with Gasteiger partial charge in [-0.2, -0.15) is 0 Å². The summed E-state index contributed by atoms with van der Waals surface area (Å²) in [7, 11) is 0. The summed E-state index contributed by atoms with van der Waals surface area (Å²) in [4.78, 5) is 0. The molecule has 0 spiro atoms. The molecule has 72 valence electrons. The van der Waals surface area contributed by atoms with Crippen LogP contribution in [0.4, 0.5) is 10.2 Å². The van der Waals surface area contributed by atoms with Crippen LogP contribution in [0.2, 0.25) is 0 Å². The Labute approximate surface area is 78.9 Å². The molecule has 0 fully saturated rings. The highest BCUT2D eigenvalue weighted by molar-refractivity contribution is 5.42. The molecule has 0 aliphatic rings. The molecule has 0 radical (unpaired) electrons. The molecule has 2 heteroatoms. The Morgan fingerprint density at radius 1 is 1.15 bits per heavy atom. The summed E-state index contributed by atoms with van der Waals surface area (Å²) in [5, 5.41) is 0. The minimum Gasteiger partial charge on any atom is -0.225 e. The lowest BCUT2D eigenvalue weighted by molar-refractivity contribution is 0.617. The first-order chi connectivity index (χ1) is 6.36. The molecule has 0 amide bonds. The van der Waals surface area contributed by atoms with E-state index in [1.165, 1.54) is 24.8 Å². The van der Waals surface area contributed by atoms with E-state index in [1.807, 2.05) is 12.1 Å². The van der Waals surface area contributed by atoms with Crippen molar-refractivity contribution in [2.75, 3.05) is 5.54 Å². The molecule has 0 saturated carbocycles. The van der Waals surface area contributed by atoms with Gasteiger partial charge >= 0.3 is 0 Å². The molecule has 1 aromatic rings. The standard InChI is InChI=1S/C11H16FN/c1-2-3-4-5-10-6-8-11(13-12)9-7-10/h6-9,13H,2-5H2,1H3. The van der Waals surface area contributed by atoms with E-state index < -0.39 is 0 Å². The van der Waals surface area contributed by atoms with Gasteiger partial charge in [0.15, 0.2) is 0 Å². The molecule has 1 nitrogen and oxygen atoms in total. The first-order valence-corrected chi connectivity index (χ1v) is 4.82. The van der Waals surface area contributed by atoms with Gasteiger partial charge in [-0.25, -0.2) is 5.54 Å². The van der Waals surface area contributed by atoms with Crippen LogP contribution in [0, 0.1) is 0 Å². The third-order valence-electron chi connectivity index (χ3n) is 2.13. The zero-order chi connectivity index (χ0) is 9.52. The molecule has 0 aliphatic carbocycles. The smallest absolute Gasteiger partial charge is 0.0655 e. The van der Waals surface area contributed by atoms with Gasteiger partial charge in [-0.05, 0) is 30.5 Å². The van der Waals surface area contributed by atoms with E-state index in [2.05, 4.69) is 6.92 Å². The second-order valence-corrected chi connectivity index (χ2v) is 3.25. The maximum absolute atomic E-state index is 11.9. The van der Waals surface area contributed by atoms with Gasteiger partial charge in [0.05, 0.1) is 5.69 Å². The maximum atomic E-state index is 11.9. The zero-order valence-electron chi connectivity index (χ0n) is 8.02. The first-order valence-electron chi connectivity index (χ1n) is 4.82. The highest BCUT2D eigenvalue weighted by Gasteiger charge is 1.93. The highest BCUT2D eigenvalue weighted by atomic mass is 19.2. The number of anilines is 1. The van der Waals surface area contributed by atoms with Gasteiger partial charge in [0, 0.05) is 0 Å². The molecule has 0 heterocycles. The third-order valence-corrected chi connectivity index (χ3v) is 2.13. The van der Waals surface area contributed by atoms with E-state index >= 15 is 0 Å². The molecular weight excluding hydrogens is 165 g/mol. The number of aryl methyl sites for hydroxylation is 1. The van der Waals surface area contributed by atoms with Crippen LogP contribution in [0.5, 0.6) is 0 Å². The van der Waals surface area contributed by atoms with Crippen molar-refractivity contribution in [2.45, 2.75) is 32.6 Å². The number of nitrogens with one attached hydrogen (secondary N) is 1. The number of hydrogen-bond acceptors (Lipinski definition) is 1. The molecule has 13 heavy (non-hydrogen) atoms. The Hall–Kier alpha value is -1.05. The van der Waals surface area contributed by atoms with Crippen LogP contribution in [0.3, 0.4) is 0 Å². The summed E-state index contributed by atoms with van der Waals surface area (Å²) in [6.45, 7) is 2.19. The lowest BCUT2D eigenvalue weighted by Crippen LogP contribution is -1.86. The van der Waals surface area contributed by atoms with Crippen molar-refractivity contribution in [3.8, 4) is 0 Å². The van der Waals surface area contributed by atoms with Crippen molar-refractivity contribution in [3.63, 3.8) is 0 Å². The fourth-order valence-corrected chi connectivity index (χ4v) is 1.31. The lowest BCUT2D eigenvalue weighted by atomic mass is 10.1. The molecule has 0 unspecified atom stereocenters. The van der Waals surface area contributed by atoms with Gasteiger partial charge in [-0.15, -0.1) is 4.48 Å². The monoisotopic (exact) mass is 181 g/mol. The molecule has 1 rings (SSSR count). The summed E-state index contributed by atoms with van der Waals surface area (Å²) in [6.07, 6.45) is 4.83. The molecule has 0 atom stereocenters. The van der Waals surface area contributed by atoms with Crippen LogP contribution in [0.25, 0.3) is 0 Å². The number of hydrogen-bond donors (Lipinski definition) is 1. The Morgan fingerprint density at radius 3 is 2.38 bits per heavy atom. The normalized spacial score (nSPS) is 10.0. The number of rotatable bonds is 5. The van der Waals surface area contributed by atoms with Crippen molar-refractivity contribution in [3.05, 3.63) is 29.8 Å². The van der Waals surface area contributed by atoms with Crippen LogP contribution in [0.15, 0.2) is 24.3 Å². The molecule has 1 N–H and O–H groups in total. The van der Waals surface area contributed by atoms with Gasteiger partial charge in [-0.3, -0.25) is 0 Å². The van der Waals surface area contributed by atoms with Crippen molar-refractivity contribution < 1.29 is 4.48 Å². The quantitative estimate of drug-likeness (QED) is 0.539.